The Bertz CT molecular complexity index is 226. The molecule has 2 heteroatoms. The molecule has 2 N–H and O–H groups in total. The van der Waals surface area contributed by atoms with Gasteiger partial charge in [0.15, 0.2) is 0 Å². The van der Waals surface area contributed by atoms with E-state index < -0.39 is 0 Å². The summed E-state index contributed by atoms with van der Waals surface area (Å²) >= 11 is 0. The molecule has 0 radical (unpaired) electrons. The Kier molecular flexibility index (Phi) is 4.48. The maximum atomic E-state index is 3.83. The van der Waals surface area contributed by atoms with Gasteiger partial charge in [-0.05, 0) is 56.5 Å². The molecule has 0 aromatic heterocycles. The standard InChI is InChI=1S/C15H30N2/c1-15(2,3)9-11-17-13-7-4-6-12(13)14-8-5-10-16-14/h12-14,16-17H,4-11H2,1-3H3. The smallest absolute Gasteiger partial charge is 0.0111 e. The minimum Gasteiger partial charge on any atom is -0.314 e. The molecule has 0 spiro atoms. The van der Waals surface area contributed by atoms with Crippen LogP contribution in [0, 0.1) is 11.3 Å². The molecule has 0 aromatic rings. The van der Waals surface area contributed by atoms with E-state index in [9.17, 15) is 0 Å². The van der Waals surface area contributed by atoms with Crippen LogP contribution in [-0.4, -0.2) is 25.2 Å². The fourth-order valence-electron chi connectivity index (χ4n) is 3.43. The van der Waals surface area contributed by atoms with Gasteiger partial charge in [0.25, 0.3) is 0 Å². The number of rotatable bonds is 4. The topological polar surface area (TPSA) is 24.1 Å². The molecule has 3 atom stereocenters. The second-order valence-electron chi connectivity index (χ2n) is 7.17. The molecule has 3 unspecified atom stereocenters. The van der Waals surface area contributed by atoms with Crippen molar-refractivity contribution in [1.29, 1.82) is 0 Å². The van der Waals surface area contributed by atoms with Crippen molar-refractivity contribution in [1.82, 2.24) is 10.6 Å². The van der Waals surface area contributed by atoms with E-state index >= 15 is 0 Å². The number of hydrogen-bond donors (Lipinski definition) is 2. The van der Waals surface area contributed by atoms with E-state index in [0.29, 0.717) is 5.41 Å². The summed E-state index contributed by atoms with van der Waals surface area (Å²) in [6.07, 6.45) is 8.33. The van der Waals surface area contributed by atoms with Gasteiger partial charge >= 0.3 is 0 Å². The summed E-state index contributed by atoms with van der Waals surface area (Å²) in [7, 11) is 0. The highest BCUT2D eigenvalue weighted by Gasteiger charge is 2.34. The Morgan fingerprint density at radius 3 is 2.59 bits per heavy atom. The van der Waals surface area contributed by atoms with E-state index in [4.69, 9.17) is 0 Å². The van der Waals surface area contributed by atoms with Gasteiger partial charge in [-0.15, -0.1) is 0 Å². The lowest BCUT2D eigenvalue weighted by atomic mass is 9.90. The first kappa shape index (κ1) is 13.4. The summed E-state index contributed by atoms with van der Waals surface area (Å²) in [6, 6.07) is 1.59. The monoisotopic (exact) mass is 238 g/mol. The summed E-state index contributed by atoms with van der Waals surface area (Å²) in [4.78, 5) is 0. The predicted molar refractivity (Wildman–Crippen MR) is 74.2 cm³/mol. The summed E-state index contributed by atoms with van der Waals surface area (Å²) in [5, 5.41) is 7.52. The summed E-state index contributed by atoms with van der Waals surface area (Å²) in [6.45, 7) is 9.44. The fraction of sp³-hybridized carbons (Fsp3) is 1.00. The average Bonchev–Trinajstić information content (AvgIpc) is 2.82. The molecule has 1 heterocycles. The van der Waals surface area contributed by atoms with Crippen molar-refractivity contribution in [3.63, 3.8) is 0 Å². The molecule has 0 bridgehead atoms. The lowest BCUT2D eigenvalue weighted by Gasteiger charge is -2.28. The van der Waals surface area contributed by atoms with Crippen molar-refractivity contribution >= 4 is 0 Å². The van der Waals surface area contributed by atoms with Crippen LogP contribution in [0.3, 0.4) is 0 Å². The molecule has 0 aromatic carbocycles. The van der Waals surface area contributed by atoms with Crippen LogP contribution >= 0.6 is 0 Å². The van der Waals surface area contributed by atoms with Gasteiger partial charge in [0.05, 0.1) is 0 Å². The Morgan fingerprint density at radius 2 is 1.94 bits per heavy atom. The summed E-state index contributed by atoms with van der Waals surface area (Å²) < 4.78 is 0. The van der Waals surface area contributed by atoms with E-state index in [0.717, 1.165) is 18.0 Å². The maximum absolute atomic E-state index is 3.83. The second-order valence-corrected chi connectivity index (χ2v) is 7.17. The molecule has 17 heavy (non-hydrogen) atoms. The highest BCUT2D eigenvalue weighted by molar-refractivity contribution is 4.93. The molecule has 2 rings (SSSR count). The van der Waals surface area contributed by atoms with Gasteiger partial charge in [-0.3, -0.25) is 0 Å². The van der Waals surface area contributed by atoms with Crippen molar-refractivity contribution in [2.75, 3.05) is 13.1 Å². The van der Waals surface area contributed by atoms with E-state index in [1.807, 2.05) is 0 Å². The minimum absolute atomic E-state index is 0.465. The molecule has 2 fully saturated rings. The molecule has 1 aliphatic carbocycles. The van der Waals surface area contributed by atoms with Gasteiger partial charge in [0.2, 0.25) is 0 Å². The number of nitrogens with one attached hydrogen (secondary N) is 2. The molecule has 1 aliphatic heterocycles. The van der Waals surface area contributed by atoms with Crippen LogP contribution in [-0.2, 0) is 0 Å². The van der Waals surface area contributed by atoms with Crippen LogP contribution in [0.15, 0.2) is 0 Å². The third-order valence-electron chi connectivity index (χ3n) is 4.47. The van der Waals surface area contributed by atoms with E-state index in [2.05, 4.69) is 31.4 Å². The van der Waals surface area contributed by atoms with Crippen molar-refractivity contribution in [3.05, 3.63) is 0 Å². The number of hydrogen-bond acceptors (Lipinski definition) is 2. The second kappa shape index (κ2) is 5.71. The van der Waals surface area contributed by atoms with Crippen molar-refractivity contribution < 1.29 is 0 Å². The zero-order valence-corrected chi connectivity index (χ0v) is 11.9. The molecule has 1 saturated heterocycles. The zero-order chi connectivity index (χ0) is 12.3. The highest BCUT2D eigenvalue weighted by Crippen LogP contribution is 2.32. The first-order valence-electron chi connectivity index (χ1n) is 7.53. The summed E-state index contributed by atoms with van der Waals surface area (Å²) in [5.41, 5.74) is 0.465. The first-order chi connectivity index (χ1) is 8.06. The maximum Gasteiger partial charge on any atom is 0.0111 e. The third-order valence-corrected chi connectivity index (χ3v) is 4.47. The van der Waals surface area contributed by atoms with Crippen LogP contribution in [0.25, 0.3) is 0 Å². The van der Waals surface area contributed by atoms with E-state index in [1.54, 1.807) is 0 Å². The fourth-order valence-corrected chi connectivity index (χ4v) is 3.43. The Hall–Kier alpha value is -0.0800. The average molecular weight is 238 g/mol. The Balaban J connectivity index is 1.75. The molecule has 1 saturated carbocycles. The van der Waals surface area contributed by atoms with Crippen molar-refractivity contribution in [2.24, 2.45) is 11.3 Å². The van der Waals surface area contributed by atoms with Gasteiger partial charge in [0, 0.05) is 12.1 Å². The molecule has 2 aliphatic rings. The molecular weight excluding hydrogens is 208 g/mol. The molecule has 2 nitrogen and oxygen atoms in total. The van der Waals surface area contributed by atoms with Crippen LogP contribution in [0.2, 0.25) is 0 Å². The first-order valence-corrected chi connectivity index (χ1v) is 7.53. The zero-order valence-electron chi connectivity index (χ0n) is 11.9. The largest absolute Gasteiger partial charge is 0.314 e. The van der Waals surface area contributed by atoms with Crippen molar-refractivity contribution in [3.8, 4) is 0 Å². The SMILES string of the molecule is CC(C)(C)CCNC1CCCC1C1CCCN1. The highest BCUT2D eigenvalue weighted by atomic mass is 15.0. The van der Waals surface area contributed by atoms with Gasteiger partial charge in [-0.1, -0.05) is 27.2 Å². The molecule has 100 valence electrons. The quantitative estimate of drug-likeness (QED) is 0.787. The van der Waals surface area contributed by atoms with Crippen molar-refractivity contribution in [2.45, 2.75) is 71.4 Å². The van der Waals surface area contributed by atoms with Gasteiger partial charge < -0.3 is 10.6 Å². The van der Waals surface area contributed by atoms with Crippen LogP contribution in [0.4, 0.5) is 0 Å². The molecular formula is C15H30N2. The summed E-state index contributed by atoms with van der Waals surface area (Å²) in [5.74, 6) is 0.900. The molecule has 0 amide bonds. The normalized spacial score (nSPS) is 34.4. The van der Waals surface area contributed by atoms with Crippen LogP contribution < -0.4 is 10.6 Å². The van der Waals surface area contributed by atoms with Crippen LogP contribution in [0.1, 0.15) is 59.3 Å². The van der Waals surface area contributed by atoms with E-state index in [-0.39, 0.29) is 0 Å². The lowest BCUT2D eigenvalue weighted by Crippen LogP contribution is -2.42. The predicted octanol–water partition coefficient (Wildman–Crippen LogP) is 2.93. The van der Waals surface area contributed by atoms with Gasteiger partial charge in [-0.2, -0.15) is 0 Å². The van der Waals surface area contributed by atoms with Gasteiger partial charge in [0.1, 0.15) is 0 Å². The van der Waals surface area contributed by atoms with Gasteiger partial charge in [-0.25, -0.2) is 0 Å². The lowest BCUT2D eigenvalue weighted by molar-refractivity contribution is 0.297. The Labute approximate surface area is 107 Å². The Morgan fingerprint density at radius 1 is 1.12 bits per heavy atom. The third kappa shape index (κ3) is 3.96. The van der Waals surface area contributed by atoms with Crippen LogP contribution in [0.5, 0.6) is 0 Å². The minimum atomic E-state index is 0.465. The van der Waals surface area contributed by atoms with E-state index in [1.165, 1.54) is 51.6 Å².